The van der Waals surface area contributed by atoms with Crippen LogP contribution in [-0.4, -0.2) is 39.0 Å². The molecule has 1 heterocycles. The highest BCUT2D eigenvalue weighted by molar-refractivity contribution is 6.22. The number of primary amides is 1. The second kappa shape index (κ2) is 11.0. The number of carboxylic acid groups (broad SMARTS) is 1. The quantitative estimate of drug-likeness (QED) is 0.326. The number of ether oxygens (including phenoxy) is 1. The third-order valence-corrected chi connectivity index (χ3v) is 5.88. The van der Waals surface area contributed by atoms with Crippen LogP contribution in [0.15, 0.2) is 60.6 Å². The van der Waals surface area contributed by atoms with Gasteiger partial charge in [-0.05, 0) is 49.6 Å². The number of aryl methyl sites for hydroxylation is 1. The molecule has 0 fully saturated rings. The van der Waals surface area contributed by atoms with Crippen molar-refractivity contribution in [2.24, 2.45) is 5.73 Å². The average Bonchev–Trinajstić information content (AvgIpc) is 3.23. The van der Waals surface area contributed by atoms with Crippen molar-refractivity contribution in [1.29, 1.82) is 0 Å². The fraction of sp³-hybridized carbons (Fsp3) is 0.240. The maximum absolute atomic E-state index is 14.2. The minimum Gasteiger partial charge on any atom is -0.495 e. The molecule has 0 aliphatic carbocycles. The van der Waals surface area contributed by atoms with Crippen molar-refractivity contribution in [2.75, 3.05) is 7.11 Å². The van der Waals surface area contributed by atoms with E-state index in [2.05, 4.69) is 4.98 Å². The first kappa shape index (κ1) is 25.0. The number of halogens is 2. The number of nitrogens with two attached hydrogens (primary N) is 1. The van der Waals surface area contributed by atoms with Crippen molar-refractivity contribution in [3.8, 4) is 11.4 Å². The van der Waals surface area contributed by atoms with E-state index in [9.17, 15) is 19.1 Å². The smallest absolute Gasteiger partial charge is 0.331 e. The fourth-order valence-electron chi connectivity index (χ4n) is 3.71. The second-order valence-corrected chi connectivity index (χ2v) is 8.35. The number of aliphatic carboxylic acids is 1. The number of imidazole rings is 1. The van der Waals surface area contributed by atoms with Crippen LogP contribution in [0, 0.1) is 12.7 Å². The predicted molar refractivity (Wildman–Crippen MR) is 128 cm³/mol. The molecule has 3 N–H and O–H groups in total. The third-order valence-electron chi connectivity index (χ3n) is 5.41. The van der Waals surface area contributed by atoms with Crippen LogP contribution in [0.5, 0.6) is 5.75 Å². The summed E-state index contributed by atoms with van der Waals surface area (Å²) in [6, 6.07) is 11.0. The van der Waals surface area contributed by atoms with Crippen LogP contribution in [-0.2, 0) is 9.59 Å². The van der Waals surface area contributed by atoms with E-state index in [1.807, 2.05) is 17.7 Å². The summed E-state index contributed by atoms with van der Waals surface area (Å²) in [5, 5.41) is 8.82. The van der Waals surface area contributed by atoms with E-state index >= 15 is 0 Å². The first-order chi connectivity index (χ1) is 16.2. The molecule has 0 aliphatic heterocycles. The zero-order chi connectivity index (χ0) is 24.8. The standard InChI is InChI=1S/C25H25ClFN3O4/c1-15-13-30(14-29-15)21-10-7-16(12-22(21)34-2)11-17(25(32)33)8-9-19(26)23(24(28)31)18-5-3-4-6-20(18)27/h3-7,10-14,19,23H,8-9H2,1-2H3,(H2,28,31)(H,32,33)/b17-11-. The molecule has 0 saturated carbocycles. The Bertz CT molecular complexity index is 1220. The van der Waals surface area contributed by atoms with Crippen molar-refractivity contribution in [3.63, 3.8) is 0 Å². The average molecular weight is 486 g/mol. The Labute approximate surface area is 201 Å². The number of methoxy groups -OCH3 is 1. The summed E-state index contributed by atoms with van der Waals surface area (Å²) in [6.45, 7) is 1.87. The van der Waals surface area contributed by atoms with E-state index in [0.717, 1.165) is 11.4 Å². The number of carbonyl (C=O) groups excluding carboxylic acids is 1. The van der Waals surface area contributed by atoms with Gasteiger partial charge in [-0.2, -0.15) is 0 Å². The molecule has 1 aromatic heterocycles. The molecule has 2 atom stereocenters. The topological polar surface area (TPSA) is 107 Å². The summed E-state index contributed by atoms with van der Waals surface area (Å²) in [5.74, 6) is -3.04. The van der Waals surface area contributed by atoms with E-state index in [1.54, 1.807) is 30.6 Å². The number of alkyl halides is 1. The first-order valence-electron chi connectivity index (χ1n) is 10.5. The first-order valence-corrected chi connectivity index (χ1v) is 11.0. The molecule has 1 amide bonds. The molecule has 7 nitrogen and oxygen atoms in total. The maximum Gasteiger partial charge on any atom is 0.331 e. The second-order valence-electron chi connectivity index (χ2n) is 7.78. The molecule has 0 saturated heterocycles. The van der Waals surface area contributed by atoms with Gasteiger partial charge in [-0.3, -0.25) is 4.79 Å². The Balaban J connectivity index is 1.82. The molecule has 9 heteroatoms. The highest BCUT2D eigenvalue weighted by Crippen LogP contribution is 2.31. The van der Waals surface area contributed by atoms with Gasteiger partial charge >= 0.3 is 5.97 Å². The van der Waals surface area contributed by atoms with Crippen LogP contribution >= 0.6 is 11.6 Å². The normalized spacial score (nSPS) is 13.4. The lowest BCUT2D eigenvalue weighted by atomic mass is 9.90. The van der Waals surface area contributed by atoms with Gasteiger partial charge in [0.2, 0.25) is 5.91 Å². The number of carbonyl (C=O) groups is 2. The van der Waals surface area contributed by atoms with Crippen molar-refractivity contribution in [2.45, 2.75) is 31.1 Å². The summed E-state index contributed by atoms with van der Waals surface area (Å²) in [5.41, 5.74) is 7.87. The maximum atomic E-state index is 14.2. The van der Waals surface area contributed by atoms with Gasteiger partial charge in [-0.15, -0.1) is 11.6 Å². The van der Waals surface area contributed by atoms with Crippen molar-refractivity contribution >= 4 is 29.6 Å². The van der Waals surface area contributed by atoms with E-state index < -0.39 is 29.0 Å². The van der Waals surface area contributed by atoms with E-state index in [4.69, 9.17) is 22.1 Å². The molecule has 3 aromatic rings. The fourth-order valence-corrected chi connectivity index (χ4v) is 4.08. The number of hydrogen-bond acceptors (Lipinski definition) is 4. The molecular weight excluding hydrogens is 461 g/mol. The summed E-state index contributed by atoms with van der Waals surface area (Å²) < 4.78 is 21.5. The van der Waals surface area contributed by atoms with Gasteiger partial charge in [-0.25, -0.2) is 14.2 Å². The molecule has 0 bridgehead atoms. The number of rotatable bonds is 10. The van der Waals surface area contributed by atoms with Gasteiger partial charge in [0.25, 0.3) is 0 Å². The Morgan fingerprint density at radius 2 is 2.03 bits per heavy atom. The zero-order valence-corrected chi connectivity index (χ0v) is 19.5. The summed E-state index contributed by atoms with van der Waals surface area (Å²) in [7, 11) is 1.53. The van der Waals surface area contributed by atoms with E-state index in [0.29, 0.717) is 11.3 Å². The zero-order valence-electron chi connectivity index (χ0n) is 18.7. The number of hydrogen-bond donors (Lipinski definition) is 2. The number of aromatic nitrogens is 2. The lowest BCUT2D eigenvalue weighted by Crippen LogP contribution is -2.29. The highest BCUT2D eigenvalue weighted by atomic mass is 35.5. The van der Waals surface area contributed by atoms with E-state index in [-0.39, 0.29) is 24.0 Å². The van der Waals surface area contributed by atoms with Crippen LogP contribution in [0.2, 0.25) is 0 Å². The Morgan fingerprint density at radius 1 is 1.29 bits per heavy atom. The minimum absolute atomic E-state index is 0.0481. The van der Waals surface area contributed by atoms with Crippen LogP contribution in [0.25, 0.3) is 11.8 Å². The number of amides is 1. The number of benzene rings is 2. The van der Waals surface area contributed by atoms with E-state index in [1.165, 1.54) is 31.4 Å². The van der Waals surface area contributed by atoms with Gasteiger partial charge in [0.1, 0.15) is 11.6 Å². The summed E-state index contributed by atoms with van der Waals surface area (Å²) >= 11 is 6.42. The molecule has 3 rings (SSSR count). The summed E-state index contributed by atoms with van der Waals surface area (Å²) in [6.07, 6.45) is 5.18. The van der Waals surface area contributed by atoms with Gasteiger partial charge in [0.15, 0.2) is 0 Å². The molecule has 178 valence electrons. The van der Waals surface area contributed by atoms with Crippen LogP contribution < -0.4 is 10.5 Å². The molecule has 34 heavy (non-hydrogen) atoms. The molecule has 0 aliphatic rings. The van der Waals surface area contributed by atoms with Crippen molar-refractivity contribution < 1.29 is 23.8 Å². The Kier molecular flexibility index (Phi) is 8.07. The lowest BCUT2D eigenvalue weighted by Gasteiger charge is -2.20. The lowest BCUT2D eigenvalue weighted by molar-refractivity contribution is -0.132. The van der Waals surface area contributed by atoms with Crippen LogP contribution in [0.1, 0.15) is 35.6 Å². The Hall–Kier alpha value is -3.65. The third kappa shape index (κ3) is 5.82. The molecular formula is C25H25ClFN3O4. The van der Waals surface area contributed by atoms with Gasteiger partial charge in [0.05, 0.1) is 30.7 Å². The van der Waals surface area contributed by atoms with Crippen molar-refractivity contribution in [1.82, 2.24) is 9.55 Å². The predicted octanol–water partition coefficient (Wildman–Crippen LogP) is 4.45. The van der Waals surface area contributed by atoms with Crippen molar-refractivity contribution in [3.05, 3.63) is 83.2 Å². The van der Waals surface area contributed by atoms with Gasteiger partial charge in [-0.1, -0.05) is 24.3 Å². The largest absolute Gasteiger partial charge is 0.495 e. The van der Waals surface area contributed by atoms with Crippen LogP contribution in [0.4, 0.5) is 4.39 Å². The molecule has 2 unspecified atom stereocenters. The van der Waals surface area contributed by atoms with Gasteiger partial charge in [0, 0.05) is 22.7 Å². The molecule has 0 radical (unpaired) electrons. The monoisotopic (exact) mass is 485 g/mol. The van der Waals surface area contributed by atoms with Crippen LogP contribution in [0.3, 0.4) is 0 Å². The minimum atomic E-state index is -1.13. The SMILES string of the molecule is COc1cc(/C=C(/CCC(Cl)C(C(N)=O)c2ccccc2F)C(=O)O)ccc1-n1cnc(C)c1. The highest BCUT2D eigenvalue weighted by Gasteiger charge is 2.29. The number of nitrogens with zero attached hydrogens (tertiary/aromatic N) is 2. The van der Waals surface area contributed by atoms with Gasteiger partial charge < -0.3 is 20.1 Å². The summed E-state index contributed by atoms with van der Waals surface area (Å²) in [4.78, 5) is 28.1. The molecule has 2 aromatic carbocycles. The Morgan fingerprint density at radius 3 is 2.62 bits per heavy atom. The number of carboxylic acids is 1. The molecule has 0 spiro atoms.